The van der Waals surface area contributed by atoms with Crippen LogP contribution in [0.4, 0.5) is 0 Å². The fraction of sp³-hybridized carbons (Fsp3) is 0.412. The maximum Gasteiger partial charge on any atom is 0.359 e. The first-order valence-corrected chi connectivity index (χ1v) is 8.13. The Hall–Kier alpha value is -1.81. The standard InChI is InChI=1S/C17H17ClN2O2/c1-2-22-17(21)15-14-10-7-8-11(9-10)16(14)20(19-15)13-6-4-3-5-12(13)18/h3-6,10-11H,2,7-9H2,1H3. The molecule has 1 heterocycles. The highest BCUT2D eigenvalue weighted by Crippen LogP contribution is 2.54. The first-order chi connectivity index (χ1) is 10.7. The van der Waals surface area contributed by atoms with Crippen LogP contribution in [0, 0.1) is 0 Å². The highest BCUT2D eigenvalue weighted by Gasteiger charge is 2.44. The van der Waals surface area contributed by atoms with E-state index in [9.17, 15) is 4.79 Å². The van der Waals surface area contributed by atoms with Crippen molar-refractivity contribution in [3.63, 3.8) is 0 Å². The van der Waals surface area contributed by atoms with Crippen LogP contribution in [0.5, 0.6) is 0 Å². The molecule has 5 heteroatoms. The van der Waals surface area contributed by atoms with Crippen molar-refractivity contribution in [2.75, 3.05) is 6.61 Å². The van der Waals surface area contributed by atoms with Gasteiger partial charge in [0, 0.05) is 11.5 Å². The summed E-state index contributed by atoms with van der Waals surface area (Å²) in [6, 6.07) is 7.62. The van der Waals surface area contributed by atoms with Gasteiger partial charge in [-0.1, -0.05) is 23.7 Å². The number of rotatable bonds is 3. The second-order valence-corrected chi connectivity index (χ2v) is 6.35. The van der Waals surface area contributed by atoms with Crippen molar-refractivity contribution in [2.24, 2.45) is 0 Å². The maximum absolute atomic E-state index is 12.3. The van der Waals surface area contributed by atoms with Gasteiger partial charge in [-0.2, -0.15) is 5.10 Å². The van der Waals surface area contributed by atoms with Gasteiger partial charge in [-0.05, 0) is 44.2 Å². The van der Waals surface area contributed by atoms with Gasteiger partial charge < -0.3 is 4.74 Å². The van der Waals surface area contributed by atoms with Crippen molar-refractivity contribution in [1.29, 1.82) is 0 Å². The monoisotopic (exact) mass is 316 g/mol. The molecular formula is C17H17ClN2O2. The average molecular weight is 317 g/mol. The molecule has 1 aromatic carbocycles. The highest BCUT2D eigenvalue weighted by atomic mass is 35.5. The van der Waals surface area contributed by atoms with Gasteiger partial charge in [0.2, 0.25) is 0 Å². The molecule has 0 N–H and O–H groups in total. The number of carbonyl (C=O) groups is 1. The number of fused-ring (bicyclic) bond motifs is 5. The topological polar surface area (TPSA) is 44.1 Å². The summed E-state index contributed by atoms with van der Waals surface area (Å²) in [5.74, 6) is 0.597. The van der Waals surface area contributed by atoms with E-state index in [1.807, 2.05) is 35.9 Å². The quantitative estimate of drug-likeness (QED) is 0.802. The van der Waals surface area contributed by atoms with E-state index in [1.165, 1.54) is 0 Å². The van der Waals surface area contributed by atoms with Crippen LogP contribution < -0.4 is 0 Å². The molecule has 2 aromatic rings. The minimum absolute atomic E-state index is 0.322. The second-order valence-electron chi connectivity index (χ2n) is 5.94. The minimum atomic E-state index is -0.322. The number of aromatic nitrogens is 2. The lowest BCUT2D eigenvalue weighted by molar-refractivity contribution is 0.0517. The lowest BCUT2D eigenvalue weighted by Crippen LogP contribution is -2.09. The molecule has 0 saturated heterocycles. The predicted octanol–water partition coefficient (Wildman–Crippen LogP) is 4.07. The van der Waals surface area contributed by atoms with Crippen molar-refractivity contribution in [2.45, 2.75) is 38.0 Å². The third-order valence-corrected chi connectivity index (χ3v) is 5.06. The van der Waals surface area contributed by atoms with E-state index in [0.717, 1.165) is 36.2 Å². The van der Waals surface area contributed by atoms with Gasteiger partial charge >= 0.3 is 5.97 Å². The summed E-state index contributed by atoms with van der Waals surface area (Å²) in [4.78, 5) is 12.3. The SMILES string of the molecule is CCOC(=O)c1nn(-c2ccccc2Cl)c2c1C1CCC2C1. The summed E-state index contributed by atoms with van der Waals surface area (Å²) in [6.07, 6.45) is 3.42. The fourth-order valence-corrected chi connectivity index (χ4v) is 4.10. The summed E-state index contributed by atoms with van der Waals surface area (Å²) in [7, 11) is 0. The van der Waals surface area contributed by atoms with E-state index in [-0.39, 0.29) is 5.97 Å². The fourth-order valence-electron chi connectivity index (χ4n) is 3.89. The molecule has 1 saturated carbocycles. The molecule has 2 unspecified atom stereocenters. The summed E-state index contributed by atoms with van der Waals surface area (Å²) < 4.78 is 7.06. The zero-order valence-electron chi connectivity index (χ0n) is 12.4. The molecule has 1 aromatic heterocycles. The zero-order valence-corrected chi connectivity index (χ0v) is 13.1. The number of para-hydroxylation sites is 1. The Morgan fingerprint density at radius 3 is 2.91 bits per heavy atom. The van der Waals surface area contributed by atoms with Crippen molar-refractivity contribution >= 4 is 17.6 Å². The summed E-state index contributed by atoms with van der Waals surface area (Å²) >= 11 is 6.34. The van der Waals surface area contributed by atoms with E-state index in [0.29, 0.717) is 29.2 Å². The molecular weight excluding hydrogens is 300 g/mol. The average Bonchev–Trinajstić information content (AvgIpc) is 3.20. The third kappa shape index (κ3) is 1.90. The van der Waals surface area contributed by atoms with E-state index in [1.54, 1.807) is 0 Å². The molecule has 4 nitrogen and oxygen atoms in total. The van der Waals surface area contributed by atoms with Gasteiger partial charge in [-0.3, -0.25) is 0 Å². The van der Waals surface area contributed by atoms with Gasteiger partial charge in [-0.15, -0.1) is 0 Å². The van der Waals surface area contributed by atoms with E-state index >= 15 is 0 Å². The Bertz CT molecular complexity index is 753. The Kier molecular flexibility index (Phi) is 3.22. The molecule has 2 aliphatic rings. The molecule has 1 fully saturated rings. The smallest absolute Gasteiger partial charge is 0.359 e. The molecule has 0 amide bonds. The third-order valence-electron chi connectivity index (χ3n) is 4.74. The van der Waals surface area contributed by atoms with Gasteiger partial charge in [0.1, 0.15) is 0 Å². The Labute approximate surface area is 134 Å². The number of hydrogen-bond acceptors (Lipinski definition) is 3. The van der Waals surface area contributed by atoms with Crippen molar-refractivity contribution in [3.8, 4) is 5.69 Å². The molecule has 2 bridgehead atoms. The number of esters is 1. The van der Waals surface area contributed by atoms with E-state index < -0.39 is 0 Å². The molecule has 4 rings (SSSR count). The number of benzene rings is 1. The number of ether oxygens (including phenoxy) is 1. The Morgan fingerprint density at radius 1 is 1.36 bits per heavy atom. The molecule has 2 atom stereocenters. The van der Waals surface area contributed by atoms with Crippen LogP contribution >= 0.6 is 11.6 Å². The number of hydrogen-bond donors (Lipinski definition) is 0. The molecule has 0 radical (unpaired) electrons. The number of carbonyl (C=O) groups excluding carboxylic acids is 1. The van der Waals surface area contributed by atoms with Crippen molar-refractivity contribution in [1.82, 2.24) is 9.78 Å². The molecule has 0 aliphatic heterocycles. The van der Waals surface area contributed by atoms with Crippen LogP contribution in [0.1, 0.15) is 59.8 Å². The normalized spacial score (nSPS) is 21.9. The molecule has 2 aliphatic carbocycles. The predicted molar refractivity (Wildman–Crippen MR) is 83.9 cm³/mol. The number of nitrogens with zero attached hydrogens (tertiary/aromatic N) is 2. The maximum atomic E-state index is 12.3. The van der Waals surface area contributed by atoms with Gasteiger partial charge in [-0.25, -0.2) is 9.48 Å². The lowest BCUT2D eigenvalue weighted by Gasteiger charge is -2.14. The van der Waals surface area contributed by atoms with Crippen LogP contribution in [0.3, 0.4) is 0 Å². The van der Waals surface area contributed by atoms with Crippen LogP contribution in [0.2, 0.25) is 5.02 Å². The molecule has 114 valence electrons. The van der Waals surface area contributed by atoms with Gasteiger partial charge in [0.05, 0.1) is 23.0 Å². The minimum Gasteiger partial charge on any atom is -0.461 e. The van der Waals surface area contributed by atoms with Crippen LogP contribution in [-0.4, -0.2) is 22.4 Å². The lowest BCUT2D eigenvalue weighted by atomic mass is 9.95. The van der Waals surface area contributed by atoms with Crippen molar-refractivity contribution in [3.05, 3.63) is 46.2 Å². The first kappa shape index (κ1) is 13.8. The number of halogens is 1. The second kappa shape index (κ2) is 5.13. The largest absolute Gasteiger partial charge is 0.461 e. The summed E-state index contributed by atoms with van der Waals surface area (Å²) in [5.41, 5.74) is 3.56. The van der Waals surface area contributed by atoms with Gasteiger partial charge in [0.15, 0.2) is 5.69 Å². The zero-order chi connectivity index (χ0) is 15.3. The summed E-state index contributed by atoms with van der Waals surface area (Å²) in [5, 5.41) is 5.22. The van der Waals surface area contributed by atoms with E-state index in [2.05, 4.69) is 5.10 Å². The van der Waals surface area contributed by atoms with Crippen LogP contribution in [0.15, 0.2) is 24.3 Å². The highest BCUT2D eigenvalue weighted by molar-refractivity contribution is 6.32. The molecule has 0 spiro atoms. The Balaban J connectivity index is 1.91. The van der Waals surface area contributed by atoms with E-state index in [4.69, 9.17) is 16.3 Å². The van der Waals surface area contributed by atoms with Crippen LogP contribution in [-0.2, 0) is 4.74 Å². The van der Waals surface area contributed by atoms with Crippen LogP contribution in [0.25, 0.3) is 5.69 Å². The molecule has 22 heavy (non-hydrogen) atoms. The Morgan fingerprint density at radius 2 is 2.14 bits per heavy atom. The first-order valence-electron chi connectivity index (χ1n) is 7.75. The summed E-state index contributed by atoms with van der Waals surface area (Å²) in [6.45, 7) is 2.18. The van der Waals surface area contributed by atoms with Crippen molar-refractivity contribution < 1.29 is 9.53 Å². The van der Waals surface area contributed by atoms with Gasteiger partial charge in [0.25, 0.3) is 0 Å².